The average molecular weight is 200 g/mol. The van der Waals surface area contributed by atoms with Crippen molar-refractivity contribution in [1.82, 2.24) is 5.32 Å². The molecule has 0 saturated carbocycles. The normalized spacial score (nSPS) is 27.0. The van der Waals surface area contributed by atoms with E-state index in [1.165, 1.54) is 6.07 Å². The SMILES string of the molecule is CC1(c2ccc(F)c(Cl)c2)CCN1. The number of rotatable bonds is 1. The number of hydrogen-bond donors (Lipinski definition) is 1. The maximum absolute atomic E-state index is 12.9. The maximum Gasteiger partial charge on any atom is 0.141 e. The zero-order valence-corrected chi connectivity index (χ0v) is 8.16. The van der Waals surface area contributed by atoms with Gasteiger partial charge in [0.1, 0.15) is 5.82 Å². The third-order valence-corrected chi connectivity index (χ3v) is 2.99. The van der Waals surface area contributed by atoms with Crippen LogP contribution in [-0.2, 0) is 5.54 Å². The zero-order chi connectivity index (χ0) is 9.47. The summed E-state index contributed by atoms with van der Waals surface area (Å²) in [5.41, 5.74) is 1.06. The fraction of sp³-hybridized carbons (Fsp3) is 0.400. The van der Waals surface area contributed by atoms with Crippen molar-refractivity contribution < 1.29 is 4.39 Å². The van der Waals surface area contributed by atoms with E-state index in [9.17, 15) is 4.39 Å². The second-order valence-electron chi connectivity index (χ2n) is 3.64. The van der Waals surface area contributed by atoms with Crippen molar-refractivity contribution in [2.45, 2.75) is 18.9 Å². The summed E-state index contributed by atoms with van der Waals surface area (Å²) in [5, 5.41) is 3.51. The number of nitrogens with one attached hydrogen (secondary N) is 1. The summed E-state index contributed by atoms with van der Waals surface area (Å²) in [6.07, 6.45) is 1.08. The van der Waals surface area contributed by atoms with E-state index < -0.39 is 0 Å². The van der Waals surface area contributed by atoms with Gasteiger partial charge in [-0.2, -0.15) is 0 Å². The van der Waals surface area contributed by atoms with Crippen molar-refractivity contribution >= 4 is 11.6 Å². The molecular formula is C10H11ClFN. The largest absolute Gasteiger partial charge is 0.307 e. The van der Waals surface area contributed by atoms with Crippen LogP contribution in [0.25, 0.3) is 0 Å². The highest BCUT2D eigenvalue weighted by Crippen LogP contribution is 2.32. The first-order valence-electron chi connectivity index (χ1n) is 4.32. The molecule has 0 bridgehead atoms. The summed E-state index contributed by atoms with van der Waals surface area (Å²) >= 11 is 5.70. The summed E-state index contributed by atoms with van der Waals surface area (Å²) in [6, 6.07) is 4.90. The molecule has 0 amide bonds. The highest BCUT2D eigenvalue weighted by Gasteiger charge is 2.33. The van der Waals surface area contributed by atoms with E-state index in [-0.39, 0.29) is 16.4 Å². The van der Waals surface area contributed by atoms with Crippen LogP contribution in [0.2, 0.25) is 5.02 Å². The molecular weight excluding hydrogens is 189 g/mol. The molecule has 1 nitrogen and oxygen atoms in total. The van der Waals surface area contributed by atoms with E-state index in [1.54, 1.807) is 12.1 Å². The smallest absolute Gasteiger partial charge is 0.141 e. The Labute approximate surface area is 81.9 Å². The molecule has 1 unspecified atom stereocenters. The molecule has 2 rings (SSSR count). The summed E-state index contributed by atoms with van der Waals surface area (Å²) in [6.45, 7) is 3.12. The lowest BCUT2D eigenvalue weighted by atomic mass is 9.83. The van der Waals surface area contributed by atoms with Crippen molar-refractivity contribution in [2.75, 3.05) is 6.54 Å². The van der Waals surface area contributed by atoms with Crippen LogP contribution in [0.1, 0.15) is 18.9 Å². The van der Waals surface area contributed by atoms with E-state index >= 15 is 0 Å². The van der Waals surface area contributed by atoms with Crippen molar-refractivity contribution in [3.05, 3.63) is 34.6 Å². The van der Waals surface area contributed by atoms with Crippen LogP contribution in [0.3, 0.4) is 0 Å². The van der Waals surface area contributed by atoms with Gasteiger partial charge in [-0.3, -0.25) is 0 Å². The summed E-state index contributed by atoms with van der Waals surface area (Å²) in [7, 11) is 0. The fourth-order valence-corrected chi connectivity index (χ4v) is 1.77. The van der Waals surface area contributed by atoms with Gasteiger partial charge in [-0.25, -0.2) is 4.39 Å². The van der Waals surface area contributed by atoms with Crippen LogP contribution in [0.4, 0.5) is 4.39 Å². The van der Waals surface area contributed by atoms with Gasteiger partial charge in [0, 0.05) is 5.54 Å². The minimum Gasteiger partial charge on any atom is -0.307 e. The first kappa shape index (κ1) is 8.97. The molecule has 0 radical (unpaired) electrons. The highest BCUT2D eigenvalue weighted by atomic mass is 35.5. The van der Waals surface area contributed by atoms with Crippen molar-refractivity contribution in [1.29, 1.82) is 0 Å². The molecule has 1 N–H and O–H groups in total. The first-order chi connectivity index (χ1) is 6.12. The topological polar surface area (TPSA) is 12.0 Å². The maximum atomic E-state index is 12.9. The van der Waals surface area contributed by atoms with Crippen LogP contribution < -0.4 is 5.32 Å². The van der Waals surface area contributed by atoms with Crippen LogP contribution in [-0.4, -0.2) is 6.54 Å². The predicted octanol–water partition coefficient (Wildman–Crippen LogP) is 2.69. The second-order valence-corrected chi connectivity index (χ2v) is 4.04. The standard InChI is InChI=1S/C10H11ClFN/c1-10(4-5-13-10)7-2-3-9(12)8(11)6-7/h2-3,6,13H,4-5H2,1H3. The van der Waals surface area contributed by atoms with Crippen LogP contribution >= 0.6 is 11.6 Å². The van der Waals surface area contributed by atoms with E-state index in [0.29, 0.717) is 0 Å². The molecule has 3 heteroatoms. The molecule has 1 saturated heterocycles. The Morgan fingerprint density at radius 2 is 2.23 bits per heavy atom. The monoisotopic (exact) mass is 199 g/mol. The predicted molar refractivity (Wildman–Crippen MR) is 51.4 cm³/mol. The number of hydrogen-bond acceptors (Lipinski definition) is 1. The Kier molecular flexibility index (Phi) is 2.05. The Hall–Kier alpha value is -0.600. The third-order valence-electron chi connectivity index (χ3n) is 2.70. The summed E-state index contributed by atoms with van der Waals surface area (Å²) < 4.78 is 12.9. The quantitative estimate of drug-likeness (QED) is 0.734. The highest BCUT2D eigenvalue weighted by molar-refractivity contribution is 6.30. The van der Waals surface area contributed by atoms with Crippen molar-refractivity contribution in [3.63, 3.8) is 0 Å². The minimum absolute atomic E-state index is 0.00264. The van der Waals surface area contributed by atoms with Gasteiger partial charge in [0.05, 0.1) is 5.02 Å². The molecule has 0 aliphatic carbocycles. The van der Waals surface area contributed by atoms with Gasteiger partial charge in [0.2, 0.25) is 0 Å². The molecule has 1 aromatic carbocycles. The number of benzene rings is 1. The third kappa shape index (κ3) is 1.45. The van der Waals surface area contributed by atoms with Crippen molar-refractivity contribution in [2.24, 2.45) is 0 Å². The van der Waals surface area contributed by atoms with E-state index in [1.807, 2.05) is 0 Å². The molecule has 1 fully saturated rings. The molecule has 1 heterocycles. The lowest BCUT2D eigenvalue weighted by molar-refractivity contribution is 0.236. The van der Waals surface area contributed by atoms with Gasteiger partial charge in [0.15, 0.2) is 0 Å². The van der Waals surface area contributed by atoms with Gasteiger partial charge in [-0.15, -0.1) is 0 Å². The summed E-state index contributed by atoms with van der Waals surface area (Å²) in [5.74, 6) is -0.353. The van der Waals surface area contributed by atoms with Gasteiger partial charge in [-0.05, 0) is 37.6 Å². The molecule has 1 aliphatic rings. The Morgan fingerprint density at radius 3 is 2.69 bits per heavy atom. The molecule has 0 aromatic heterocycles. The van der Waals surface area contributed by atoms with E-state index in [4.69, 9.17) is 11.6 Å². The van der Waals surface area contributed by atoms with Gasteiger partial charge >= 0.3 is 0 Å². The zero-order valence-electron chi connectivity index (χ0n) is 7.40. The minimum atomic E-state index is -0.353. The first-order valence-corrected chi connectivity index (χ1v) is 4.70. The van der Waals surface area contributed by atoms with Crippen LogP contribution in [0.5, 0.6) is 0 Å². The molecule has 1 aromatic rings. The second kappa shape index (κ2) is 2.96. The molecule has 70 valence electrons. The van der Waals surface area contributed by atoms with Gasteiger partial charge in [0.25, 0.3) is 0 Å². The van der Waals surface area contributed by atoms with E-state index in [2.05, 4.69) is 12.2 Å². The van der Waals surface area contributed by atoms with Crippen LogP contribution in [0, 0.1) is 5.82 Å². The Balaban J connectivity index is 2.36. The van der Waals surface area contributed by atoms with Crippen LogP contribution in [0.15, 0.2) is 18.2 Å². The van der Waals surface area contributed by atoms with Gasteiger partial charge in [-0.1, -0.05) is 17.7 Å². The molecule has 1 aliphatic heterocycles. The molecule has 1 atom stereocenters. The number of halogens is 2. The lowest BCUT2D eigenvalue weighted by Crippen LogP contribution is -2.51. The molecule has 0 spiro atoms. The summed E-state index contributed by atoms with van der Waals surface area (Å²) in [4.78, 5) is 0. The van der Waals surface area contributed by atoms with Crippen molar-refractivity contribution in [3.8, 4) is 0 Å². The molecule has 13 heavy (non-hydrogen) atoms. The Bertz CT molecular complexity index is 334. The van der Waals surface area contributed by atoms with Gasteiger partial charge < -0.3 is 5.32 Å². The fourth-order valence-electron chi connectivity index (χ4n) is 1.59. The van der Waals surface area contributed by atoms with E-state index in [0.717, 1.165) is 18.5 Å². The lowest BCUT2D eigenvalue weighted by Gasteiger charge is -2.40. The average Bonchev–Trinajstić information content (AvgIpc) is 2.06. The Morgan fingerprint density at radius 1 is 1.54 bits per heavy atom.